The molecular formula is C32H40N6O4. The molecule has 0 aliphatic carbocycles. The molecule has 1 aromatic heterocycles. The van der Waals surface area contributed by atoms with Crippen molar-refractivity contribution < 1.29 is 19.1 Å². The number of anilines is 1. The number of methoxy groups -OCH3 is 1. The Bertz CT molecular complexity index is 1330. The quantitative estimate of drug-likeness (QED) is 0.387. The van der Waals surface area contributed by atoms with E-state index in [-0.39, 0.29) is 18.4 Å². The highest BCUT2D eigenvalue weighted by Crippen LogP contribution is 2.22. The standard InChI is InChI=1S/C32H40N6O4/c1-25-6-3-4-7-28(25)32(40)38(17-16-35-20-22-42-23-21-35)24-31(39)37-15-5-14-36(18-19-37)30-13-12-29(33-34-30)26-8-10-27(41-2)11-9-26/h3-4,6-13H,5,14-24H2,1-2H3. The Labute approximate surface area is 247 Å². The zero-order chi connectivity index (χ0) is 29.3. The van der Waals surface area contributed by atoms with Crippen molar-refractivity contribution in [3.8, 4) is 17.0 Å². The van der Waals surface area contributed by atoms with Crippen molar-refractivity contribution in [3.63, 3.8) is 0 Å². The second-order valence-electron chi connectivity index (χ2n) is 10.7. The van der Waals surface area contributed by atoms with E-state index in [2.05, 4.69) is 20.0 Å². The van der Waals surface area contributed by atoms with E-state index in [4.69, 9.17) is 9.47 Å². The number of hydrogen-bond acceptors (Lipinski definition) is 8. The molecule has 2 aliphatic heterocycles. The first kappa shape index (κ1) is 29.5. The summed E-state index contributed by atoms with van der Waals surface area (Å²) < 4.78 is 10.7. The Balaban J connectivity index is 1.21. The maximum atomic E-state index is 13.6. The molecule has 2 saturated heterocycles. The molecule has 10 nitrogen and oxygen atoms in total. The Morgan fingerprint density at radius 2 is 1.69 bits per heavy atom. The van der Waals surface area contributed by atoms with Crippen LogP contribution in [0.1, 0.15) is 22.3 Å². The van der Waals surface area contributed by atoms with Crippen LogP contribution < -0.4 is 9.64 Å². The summed E-state index contributed by atoms with van der Waals surface area (Å²) >= 11 is 0. The molecule has 0 unspecified atom stereocenters. The van der Waals surface area contributed by atoms with Crippen LogP contribution in [0, 0.1) is 6.92 Å². The number of rotatable bonds is 9. The normalized spacial score (nSPS) is 16.1. The minimum absolute atomic E-state index is 0.0262. The van der Waals surface area contributed by atoms with Gasteiger partial charge in [-0.15, -0.1) is 10.2 Å². The molecule has 0 spiro atoms. The Kier molecular flexibility index (Phi) is 9.99. The van der Waals surface area contributed by atoms with Gasteiger partial charge in [0.25, 0.3) is 5.91 Å². The number of ether oxygens (including phenoxy) is 2. The third-order valence-corrected chi connectivity index (χ3v) is 7.99. The van der Waals surface area contributed by atoms with Gasteiger partial charge in [0.15, 0.2) is 5.82 Å². The molecule has 0 radical (unpaired) electrons. The first-order valence-electron chi connectivity index (χ1n) is 14.7. The summed E-state index contributed by atoms with van der Waals surface area (Å²) in [7, 11) is 1.65. The van der Waals surface area contributed by atoms with Gasteiger partial charge in [0, 0.05) is 63.5 Å². The highest BCUT2D eigenvalue weighted by Gasteiger charge is 2.26. The SMILES string of the molecule is COc1ccc(-c2ccc(N3CCCN(C(=O)CN(CCN4CCOCC4)C(=O)c4ccccc4C)CC3)nn2)cc1. The number of carbonyl (C=O) groups is 2. The van der Waals surface area contributed by atoms with E-state index in [1.165, 1.54) is 0 Å². The number of aromatic nitrogens is 2. The first-order chi connectivity index (χ1) is 20.5. The van der Waals surface area contributed by atoms with Crippen molar-refractivity contribution >= 4 is 17.6 Å². The van der Waals surface area contributed by atoms with Gasteiger partial charge in [-0.2, -0.15) is 0 Å². The number of nitrogens with zero attached hydrogens (tertiary/aromatic N) is 6. The number of morpholine rings is 1. The van der Waals surface area contributed by atoms with E-state index >= 15 is 0 Å². The van der Waals surface area contributed by atoms with E-state index in [1.807, 2.05) is 72.5 Å². The van der Waals surface area contributed by atoms with E-state index in [9.17, 15) is 9.59 Å². The summed E-state index contributed by atoms with van der Waals surface area (Å²) in [5.41, 5.74) is 3.33. The summed E-state index contributed by atoms with van der Waals surface area (Å²) in [4.78, 5) is 35.2. The molecule has 2 amide bonds. The Hall–Kier alpha value is -4.02. The monoisotopic (exact) mass is 572 g/mol. The third-order valence-electron chi connectivity index (χ3n) is 7.99. The number of amides is 2. The minimum atomic E-state index is -0.0987. The Morgan fingerprint density at radius 1 is 0.905 bits per heavy atom. The molecule has 3 heterocycles. The van der Waals surface area contributed by atoms with E-state index in [0.29, 0.717) is 51.5 Å². The molecule has 0 N–H and O–H groups in total. The van der Waals surface area contributed by atoms with Crippen LogP contribution in [0.15, 0.2) is 60.7 Å². The molecule has 2 fully saturated rings. The molecular weight excluding hydrogens is 532 g/mol. The molecule has 0 bridgehead atoms. The summed E-state index contributed by atoms with van der Waals surface area (Å²) in [5, 5.41) is 8.94. The van der Waals surface area contributed by atoms with E-state index in [0.717, 1.165) is 54.4 Å². The zero-order valence-electron chi connectivity index (χ0n) is 24.6. The number of hydrogen-bond donors (Lipinski definition) is 0. The van der Waals surface area contributed by atoms with Gasteiger partial charge in [-0.3, -0.25) is 14.5 Å². The van der Waals surface area contributed by atoms with Crippen molar-refractivity contribution in [2.45, 2.75) is 13.3 Å². The van der Waals surface area contributed by atoms with Gasteiger partial charge in [0.2, 0.25) is 5.91 Å². The second-order valence-corrected chi connectivity index (χ2v) is 10.7. The molecule has 3 aromatic rings. The summed E-state index contributed by atoms with van der Waals surface area (Å²) in [6.45, 7) is 8.93. The molecule has 42 heavy (non-hydrogen) atoms. The van der Waals surface area contributed by atoms with Gasteiger partial charge >= 0.3 is 0 Å². The van der Waals surface area contributed by atoms with Gasteiger partial charge in [-0.25, -0.2) is 0 Å². The van der Waals surface area contributed by atoms with Crippen LogP contribution in [0.25, 0.3) is 11.3 Å². The van der Waals surface area contributed by atoms with Crippen LogP contribution in [0.4, 0.5) is 5.82 Å². The predicted molar refractivity (Wildman–Crippen MR) is 162 cm³/mol. The average Bonchev–Trinajstić information content (AvgIpc) is 3.30. The van der Waals surface area contributed by atoms with Crippen LogP contribution in [0.2, 0.25) is 0 Å². The topological polar surface area (TPSA) is 91.3 Å². The van der Waals surface area contributed by atoms with Crippen molar-refractivity contribution in [2.24, 2.45) is 0 Å². The van der Waals surface area contributed by atoms with Crippen LogP contribution >= 0.6 is 0 Å². The third kappa shape index (κ3) is 7.43. The van der Waals surface area contributed by atoms with Crippen LogP contribution in [-0.2, 0) is 9.53 Å². The minimum Gasteiger partial charge on any atom is -0.497 e. The second kappa shape index (κ2) is 14.2. The molecule has 2 aliphatic rings. The fraction of sp³-hybridized carbons (Fsp3) is 0.438. The Morgan fingerprint density at radius 3 is 2.40 bits per heavy atom. The summed E-state index contributed by atoms with van der Waals surface area (Å²) in [6, 6.07) is 19.3. The molecule has 222 valence electrons. The van der Waals surface area contributed by atoms with Gasteiger partial charge in [-0.1, -0.05) is 18.2 Å². The molecule has 2 aromatic carbocycles. The lowest BCUT2D eigenvalue weighted by atomic mass is 10.1. The number of aryl methyl sites for hydroxylation is 1. The van der Waals surface area contributed by atoms with Gasteiger partial charge in [0.05, 0.1) is 26.0 Å². The zero-order valence-corrected chi connectivity index (χ0v) is 24.6. The number of benzene rings is 2. The summed E-state index contributed by atoms with van der Waals surface area (Å²) in [6.07, 6.45) is 0.813. The van der Waals surface area contributed by atoms with Crippen LogP contribution in [-0.4, -0.2) is 116 Å². The maximum absolute atomic E-state index is 13.6. The summed E-state index contributed by atoms with van der Waals surface area (Å²) in [5.74, 6) is 1.47. The number of carbonyl (C=O) groups excluding carboxylic acids is 2. The molecule has 0 atom stereocenters. The van der Waals surface area contributed by atoms with Crippen molar-refractivity contribution in [2.75, 3.05) is 84.1 Å². The maximum Gasteiger partial charge on any atom is 0.254 e. The molecule has 0 saturated carbocycles. The average molecular weight is 573 g/mol. The van der Waals surface area contributed by atoms with Crippen molar-refractivity contribution in [1.29, 1.82) is 0 Å². The van der Waals surface area contributed by atoms with Gasteiger partial charge < -0.3 is 24.2 Å². The largest absolute Gasteiger partial charge is 0.497 e. The first-order valence-corrected chi connectivity index (χ1v) is 14.7. The lowest BCUT2D eigenvalue weighted by molar-refractivity contribution is -0.131. The van der Waals surface area contributed by atoms with Crippen molar-refractivity contribution in [1.82, 2.24) is 24.9 Å². The highest BCUT2D eigenvalue weighted by atomic mass is 16.5. The van der Waals surface area contributed by atoms with Crippen LogP contribution in [0.3, 0.4) is 0 Å². The van der Waals surface area contributed by atoms with E-state index in [1.54, 1.807) is 12.0 Å². The van der Waals surface area contributed by atoms with Crippen LogP contribution in [0.5, 0.6) is 5.75 Å². The lowest BCUT2D eigenvalue weighted by Gasteiger charge is -2.31. The fourth-order valence-electron chi connectivity index (χ4n) is 5.39. The smallest absolute Gasteiger partial charge is 0.254 e. The fourth-order valence-corrected chi connectivity index (χ4v) is 5.39. The van der Waals surface area contributed by atoms with Gasteiger partial charge in [-0.05, 0) is 61.4 Å². The van der Waals surface area contributed by atoms with E-state index < -0.39 is 0 Å². The molecule has 5 rings (SSSR count). The predicted octanol–water partition coefficient (Wildman–Crippen LogP) is 2.97. The highest BCUT2D eigenvalue weighted by molar-refractivity contribution is 5.97. The lowest BCUT2D eigenvalue weighted by Crippen LogP contribution is -2.48. The van der Waals surface area contributed by atoms with Gasteiger partial charge in [0.1, 0.15) is 12.3 Å². The molecule has 10 heteroatoms. The van der Waals surface area contributed by atoms with Crippen molar-refractivity contribution in [3.05, 3.63) is 71.8 Å².